The van der Waals surface area contributed by atoms with Gasteiger partial charge in [-0.15, -0.1) is 0 Å². The molecule has 2 unspecified atom stereocenters. The van der Waals surface area contributed by atoms with E-state index < -0.39 is 18.3 Å². The van der Waals surface area contributed by atoms with Crippen LogP contribution in [0.2, 0.25) is 0 Å². The van der Waals surface area contributed by atoms with Crippen molar-refractivity contribution in [2.24, 2.45) is 0 Å². The van der Waals surface area contributed by atoms with E-state index in [4.69, 9.17) is 13.6 Å². The molecule has 0 amide bonds. The first-order valence-electron chi connectivity index (χ1n) is 14.6. The van der Waals surface area contributed by atoms with Gasteiger partial charge in [0.05, 0.1) is 28.5 Å². The van der Waals surface area contributed by atoms with Crippen molar-refractivity contribution in [1.82, 2.24) is 4.90 Å². The van der Waals surface area contributed by atoms with Crippen LogP contribution in [-0.4, -0.2) is 49.7 Å². The minimum Gasteiger partial charge on any atom is -0.496 e. The second-order valence-electron chi connectivity index (χ2n) is 10.4. The Labute approximate surface area is 233 Å². The molecule has 3 aliphatic rings. The number of carbonyl (C=O) groups is 1. The molecule has 0 saturated carbocycles. The quantitative estimate of drug-likeness (QED) is 0.178. The lowest BCUT2D eigenvalue weighted by atomic mass is 9.76. The monoisotopic (exact) mass is 517 g/mol. The Hall–Kier alpha value is -4.19. The molecule has 4 aromatic carbocycles. The summed E-state index contributed by atoms with van der Waals surface area (Å²) in [6, 6.07) is 33.9. The van der Waals surface area contributed by atoms with E-state index in [1.807, 2.05) is 59.5 Å². The van der Waals surface area contributed by atoms with Gasteiger partial charge in [-0.1, -0.05) is 97.6 Å². The molecule has 194 valence electrons. The summed E-state index contributed by atoms with van der Waals surface area (Å²) in [5.41, 5.74) is 3.36. The summed E-state index contributed by atoms with van der Waals surface area (Å²) in [5, 5.41) is 0. The van der Waals surface area contributed by atoms with E-state index >= 15 is 0 Å². The number of ether oxygens (including phenoxy) is 2. The summed E-state index contributed by atoms with van der Waals surface area (Å²) < 4.78 is 36.7. The highest BCUT2D eigenvalue weighted by Crippen LogP contribution is 2.66. The number of hydrogen-bond acceptors (Lipinski definition) is 5. The van der Waals surface area contributed by atoms with Crippen molar-refractivity contribution in [1.29, 1.82) is 0 Å². The maximum absolute atomic E-state index is 11.9. The second kappa shape index (κ2) is 8.67. The van der Waals surface area contributed by atoms with Crippen LogP contribution in [0, 0.1) is 0 Å². The van der Waals surface area contributed by atoms with E-state index in [-0.39, 0.29) is 12.1 Å². The van der Waals surface area contributed by atoms with Gasteiger partial charge in [0.15, 0.2) is 5.72 Å². The second-order valence-corrected chi connectivity index (χ2v) is 10.4. The molecule has 5 heteroatoms. The van der Waals surface area contributed by atoms with Crippen LogP contribution in [0.5, 0.6) is 5.75 Å². The number of nitrogens with zero attached hydrogens (tertiary/aromatic N) is 2. The maximum Gasteiger partial charge on any atom is 0.184 e. The van der Waals surface area contributed by atoms with Crippen LogP contribution in [0.4, 0.5) is 5.69 Å². The Balaban J connectivity index is 1.48. The molecule has 0 spiro atoms. The van der Waals surface area contributed by atoms with Crippen molar-refractivity contribution < 1.29 is 18.4 Å². The number of rotatable bonds is 7. The van der Waals surface area contributed by atoms with Gasteiger partial charge in [-0.05, 0) is 28.8 Å². The fourth-order valence-corrected chi connectivity index (χ4v) is 7.18. The molecule has 0 aromatic heterocycles. The third-order valence-corrected chi connectivity index (χ3v) is 8.71. The minimum atomic E-state index is -2.72. The van der Waals surface area contributed by atoms with E-state index in [0.29, 0.717) is 34.7 Å². The van der Waals surface area contributed by atoms with E-state index in [1.54, 1.807) is 12.1 Å². The van der Waals surface area contributed by atoms with Crippen LogP contribution >= 0.6 is 0 Å². The van der Waals surface area contributed by atoms with Gasteiger partial charge in [0.1, 0.15) is 12.0 Å². The van der Waals surface area contributed by atoms with Crippen LogP contribution in [0.3, 0.4) is 0 Å². The van der Waals surface area contributed by atoms with Crippen molar-refractivity contribution in [3.05, 3.63) is 138 Å². The van der Waals surface area contributed by atoms with Gasteiger partial charge in [0.25, 0.3) is 0 Å². The maximum atomic E-state index is 11.9. The average Bonchev–Trinajstić information content (AvgIpc) is 3.56. The van der Waals surface area contributed by atoms with Gasteiger partial charge >= 0.3 is 0 Å². The van der Waals surface area contributed by atoms with E-state index in [2.05, 4.69) is 47.9 Å². The molecule has 5 nitrogen and oxygen atoms in total. The Morgan fingerprint density at radius 1 is 0.949 bits per heavy atom. The molecule has 3 aliphatic heterocycles. The van der Waals surface area contributed by atoms with Crippen molar-refractivity contribution in [2.45, 2.75) is 23.3 Å². The smallest absolute Gasteiger partial charge is 0.184 e. The highest BCUT2D eigenvalue weighted by Gasteiger charge is 2.77. The molecule has 2 saturated heterocycles. The Kier molecular flexibility index (Phi) is 4.61. The Morgan fingerprint density at radius 3 is 2.00 bits per heavy atom. The van der Waals surface area contributed by atoms with Crippen LogP contribution in [-0.2, 0) is 10.3 Å². The van der Waals surface area contributed by atoms with E-state index in [0.717, 1.165) is 23.0 Å². The number of piperazine rings is 1. The summed E-state index contributed by atoms with van der Waals surface area (Å²) in [6.45, 7) is 4.94. The summed E-state index contributed by atoms with van der Waals surface area (Å²) in [6.07, 6.45) is 0.768. The first-order valence-corrected chi connectivity index (χ1v) is 13.1. The fraction of sp³-hybridized carbons (Fsp3) is 0.206. The molecular weight excluding hydrogens is 484 g/mol. The third-order valence-electron chi connectivity index (χ3n) is 8.71. The summed E-state index contributed by atoms with van der Waals surface area (Å²) >= 11 is 0. The zero-order valence-electron chi connectivity index (χ0n) is 24.6. The summed E-state index contributed by atoms with van der Waals surface area (Å²) in [7, 11) is -1.18. The molecule has 0 N–H and O–H groups in total. The van der Waals surface area contributed by atoms with Crippen LogP contribution in [0.1, 0.15) is 36.7 Å². The minimum absolute atomic E-state index is 0.0799. The Morgan fingerprint density at radius 2 is 1.51 bits per heavy atom. The number of methoxy groups -OCH3 is 2. The molecule has 3 heterocycles. The van der Waals surface area contributed by atoms with E-state index in [9.17, 15) is 4.79 Å². The van der Waals surface area contributed by atoms with Gasteiger partial charge in [-0.25, -0.2) is 0 Å². The van der Waals surface area contributed by atoms with Crippen molar-refractivity contribution in [3.8, 4) is 5.75 Å². The molecule has 4 atom stereocenters. The van der Waals surface area contributed by atoms with Crippen molar-refractivity contribution >= 4 is 17.5 Å². The molecular formula is C34H30N2O3. The predicted octanol–water partition coefficient (Wildman–Crippen LogP) is 5.74. The molecule has 39 heavy (non-hydrogen) atoms. The standard InChI is InChI=1S/C34H30N2O3/c1-23-31-28(19-24(22-37)20-30(31)38-2)35-21-29-32(34(23,35)39-3)36(29)33(25-13-7-4-8-14-25,26-15-9-5-10-16-26)27-17-11-6-12-18-27/h4-20,22,29,32H,1,21H2,2-3H3/t29-,32-,34?,36?/m0/s1/i3D3. The molecule has 0 aliphatic carbocycles. The third kappa shape index (κ3) is 3.00. The Bertz CT molecular complexity index is 1580. The summed E-state index contributed by atoms with van der Waals surface area (Å²) in [4.78, 5) is 16.2. The number of aldehydes is 1. The number of carbonyl (C=O) groups excluding carboxylic acids is 1. The highest BCUT2D eigenvalue weighted by atomic mass is 16.5. The zero-order chi connectivity index (χ0) is 29.3. The molecule has 4 aromatic rings. The lowest BCUT2D eigenvalue weighted by molar-refractivity contribution is 0.0280. The lowest BCUT2D eigenvalue weighted by Crippen LogP contribution is -2.54. The van der Waals surface area contributed by atoms with Crippen LogP contribution in [0.25, 0.3) is 5.57 Å². The van der Waals surface area contributed by atoms with Crippen LogP contribution in [0.15, 0.2) is 110 Å². The largest absolute Gasteiger partial charge is 0.496 e. The molecule has 7 rings (SSSR count). The van der Waals surface area contributed by atoms with E-state index in [1.165, 1.54) is 7.11 Å². The number of fused-ring (bicyclic) bond motifs is 5. The van der Waals surface area contributed by atoms with Gasteiger partial charge in [-0.2, -0.15) is 0 Å². The van der Waals surface area contributed by atoms with Crippen molar-refractivity contribution in [2.75, 3.05) is 25.6 Å². The van der Waals surface area contributed by atoms with Crippen LogP contribution < -0.4 is 9.64 Å². The SMILES string of the molecule is [2H]C([2H])([2H])OC12C(=C)c3c(OC)cc(C=O)cc3N1C[C@H]1[C@@H]2N1C(c1ccccc1)(c1ccccc1)c1ccccc1. The van der Waals surface area contributed by atoms with Gasteiger partial charge in [0, 0.05) is 36.3 Å². The summed E-state index contributed by atoms with van der Waals surface area (Å²) in [5.74, 6) is 0.465. The predicted molar refractivity (Wildman–Crippen MR) is 153 cm³/mol. The number of hydrogen-bond donors (Lipinski definition) is 0. The number of benzene rings is 4. The van der Waals surface area contributed by atoms with Gasteiger partial charge in [0.2, 0.25) is 0 Å². The highest BCUT2D eigenvalue weighted by molar-refractivity contribution is 5.97. The first-order chi connectivity index (χ1) is 20.3. The number of anilines is 1. The van der Waals surface area contributed by atoms with Gasteiger partial charge in [-0.3, -0.25) is 9.69 Å². The molecule has 2 fully saturated rings. The topological polar surface area (TPSA) is 41.8 Å². The molecule has 0 bridgehead atoms. The van der Waals surface area contributed by atoms with Gasteiger partial charge < -0.3 is 14.4 Å². The first kappa shape index (κ1) is 20.7. The fourth-order valence-electron chi connectivity index (χ4n) is 7.18. The normalized spacial score (nSPS) is 26.1. The lowest BCUT2D eigenvalue weighted by Gasteiger charge is -2.44. The molecule has 0 radical (unpaired) electrons. The van der Waals surface area contributed by atoms with Crippen molar-refractivity contribution in [3.63, 3.8) is 0 Å². The average molecular weight is 518 g/mol. The zero-order valence-corrected chi connectivity index (χ0v) is 21.6.